The first-order chi connectivity index (χ1) is 15.2. The summed E-state index contributed by atoms with van der Waals surface area (Å²) >= 11 is 0.977. The number of benzene rings is 2. The molecule has 3 aromatic rings. The summed E-state index contributed by atoms with van der Waals surface area (Å²) in [6, 6.07) is 11.8. The number of hydrogen-bond acceptors (Lipinski definition) is 8. The molecule has 0 fully saturated rings. The average Bonchev–Trinajstić information content (AvgIpc) is 3.02. The fourth-order valence-electron chi connectivity index (χ4n) is 3.32. The number of carbonyl (C=O) groups is 2. The van der Waals surface area contributed by atoms with Gasteiger partial charge in [0.25, 0.3) is 5.56 Å². The summed E-state index contributed by atoms with van der Waals surface area (Å²) in [5.41, 5.74) is 1.30. The van der Waals surface area contributed by atoms with Crippen LogP contribution in [0.25, 0.3) is 16.6 Å². The predicted molar refractivity (Wildman–Crippen MR) is 119 cm³/mol. The fourth-order valence-corrected chi connectivity index (χ4v) is 3.75. The first-order valence-electron chi connectivity index (χ1n) is 9.70. The Kier molecular flexibility index (Phi) is 5.46. The Morgan fingerprint density at radius 2 is 2.00 bits per heavy atom. The molecule has 0 bridgehead atoms. The summed E-state index contributed by atoms with van der Waals surface area (Å²) in [6.07, 6.45) is -0.561. The van der Waals surface area contributed by atoms with E-state index in [0.29, 0.717) is 28.7 Å². The van der Waals surface area contributed by atoms with Gasteiger partial charge in [-0.3, -0.25) is 18.9 Å². The lowest BCUT2D eigenvalue weighted by atomic mass is 10.1. The minimum atomic E-state index is -0.589. The number of nitrogens with one attached hydrogen (secondary N) is 2. The van der Waals surface area contributed by atoms with Crippen LogP contribution in [0.15, 0.2) is 41.2 Å². The Balaban J connectivity index is 1.56. The number of nitriles is 1. The van der Waals surface area contributed by atoms with Crippen molar-refractivity contribution in [3.05, 3.63) is 69.3 Å². The summed E-state index contributed by atoms with van der Waals surface area (Å²) in [5.74, 6) is -0.345. The summed E-state index contributed by atoms with van der Waals surface area (Å²) < 4.78 is 11.9. The van der Waals surface area contributed by atoms with Crippen LogP contribution < -0.4 is 15.0 Å². The Labute approximate surface area is 187 Å². The number of hydrogen-bond donors (Lipinski definition) is 2. The lowest BCUT2D eigenvalue weighted by Gasteiger charge is -2.19. The second-order valence-electron chi connectivity index (χ2n) is 8.13. The third-order valence-electron chi connectivity index (χ3n) is 4.63. The van der Waals surface area contributed by atoms with E-state index >= 15 is 0 Å². The SMILES string of the molecule is CC(C)(C)OC(=O)NSNCc1ccc2nc3n(c(=O)c2c1)-c1ccc(C#N)cc1C3=O. The Hall–Kier alpha value is -3.68. The smallest absolute Gasteiger partial charge is 0.418 e. The topological polar surface area (TPSA) is 126 Å². The van der Waals surface area contributed by atoms with E-state index in [1.54, 1.807) is 51.1 Å². The zero-order chi connectivity index (χ0) is 23.0. The second-order valence-corrected chi connectivity index (χ2v) is 8.82. The highest BCUT2D eigenvalue weighted by Gasteiger charge is 2.30. The molecule has 1 aliphatic rings. The minimum absolute atomic E-state index is 0.0376. The molecule has 10 heteroatoms. The maximum atomic E-state index is 13.2. The van der Waals surface area contributed by atoms with Gasteiger partial charge in [0.15, 0.2) is 5.82 Å². The van der Waals surface area contributed by atoms with Crippen molar-refractivity contribution in [2.45, 2.75) is 32.9 Å². The largest absolute Gasteiger partial charge is 0.443 e. The van der Waals surface area contributed by atoms with Gasteiger partial charge in [0, 0.05) is 18.7 Å². The molecule has 1 aromatic heterocycles. The molecule has 32 heavy (non-hydrogen) atoms. The van der Waals surface area contributed by atoms with Crippen molar-refractivity contribution in [3.63, 3.8) is 0 Å². The van der Waals surface area contributed by atoms with E-state index in [1.165, 1.54) is 10.6 Å². The molecule has 1 amide bonds. The molecule has 0 atom stereocenters. The number of ether oxygens (including phenoxy) is 1. The fraction of sp³-hybridized carbons (Fsp3) is 0.227. The van der Waals surface area contributed by atoms with Crippen molar-refractivity contribution in [1.29, 1.82) is 5.26 Å². The maximum Gasteiger partial charge on any atom is 0.418 e. The lowest BCUT2D eigenvalue weighted by Crippen LogP contribution is -2.30. The maximum absolute atomic E-state index is 13.2. The van der Waals surface area contributed by atoms with Crippen LogP contribution in [-0.2, 0) is 11.3 Å². The van der Waals surface area contributed by atoms with Crippen LogP contribution in [0.3, 0.4) is 0 Å². The second kappa shape index (κ2) is 8.11. The third kappa shape index (κ3) is 4.08. The highest BCUT2D eigenvalue weighted by atomic mass is 32.2. The van der Waals surface area contributed by atoms with Gasteiger partial charge in [0.1, 0.15) is 5.60 Å². The van der Waals surface area contributed by atoms with E-state index < -0.39 is 11.7 Å². The van der Waals surface area contributed by atoms with E-state index in [-0.39, 0.29) is 22.7 Å². The minimum Gasteiger partial charge on any atom is -0.443 e. The van der Waals surface area contributed by atoms with Crippen molar-refractivity contribution < 1.29 is 14.3 Å². The molecule has 2 aromatic carbocycles. The van der Waals surface area contributed by atoms with Crippen molar-refractivity contribution in [2.24, 2.45) is 0 Å². The number of fused-ring (bicyclic) bond motifs is 4. The number of nitrogens with zero attached hydrogens (tertiary/aromatic N) is 3. The van der Waals surface area contributed by atoms with Gasteiger partial charge >= 0.3 is 6.09 Å². The van der Waals surface area contributed by atoms with Crippen molar-refractivity contribution in [1.82, 2.24) is 19.0 Å². The van der Waals surface area contributed by atoms with Gasteiger partial charge in [-0.05, 0) is 56.7 Å². The number of rotatable bonds is 4. The lowest BCUT2D eigenvalue weighted by molar-refractivity contribution is 0.0574. The van der Waals surface area contributed by atoms with Crippen molar-refractivity contribution >= 4 is 34.9 Å². The number of aromatic nitrogens is 2. The molecule has 0 saturated heterocycles. The number of amides is 1. The first-order valence-corrected chi connectivity index (χ1v) is 10.5. The molecule has 0 saturated carbocycles. The van der Waals surface area contributed by atoms with E-state index in [4.69, 9.17) is 10.00 Å². The van der Waals surface area contributed by atoms with Gasteiger partial charge in [-0.25, -0.2) is 14.5 Å². The van der Waals surface area contributed by atoms with Crippen LogP contribution in [-0.4, -0.2) is 27.0 Å². The molecule has 4 rings (SSSR count). The number of carbonyl (C=O) groups excluding carboxylic acids is 2. The van der Waals surface area contributed by atoms with Gasteiger partial charge in [-0.2, -0.15) is 5.26 Å². The molecule has 0 radical (unpaired) electrons. The van der Waals surface area contributed by atoms with Crippen molar-refractivity contribution in [3.8, 4) is 11.8 Å². The molecule has 9 nitrogen and oxygen atoms in total. The quantitative estimate of drug-likeness (QED) is 0.360. The Morgan fingerprint density at radius 1 is 1.22 bits per heavy atom. The van der Waals surface area contributed by atoms with Gasteiger partial charge in [-0.1, -0.05) is 6.07 Å². The summed E-state index contributed by atoms with van der Waals surface area (Å²) in [5, 5.41) is 9.46. The zero-order valence-corrected chi connectivity index (χ0v) is 18.4. The van der Waals surface area contributed by atoms with Crippen LogP contribution in [0.5, 0.6) is 0 Å². The molecular formula is C22H19N5O4S. The number of ketones is 1. The first kappa shape index (κ1) is 21.5. The Morgan fingerprint density at radius 3 is 2.72 bits per heavy atom. The standard InChI is InChI=1S/C22H19N5O4S/c1-22(2,3)31-21(30)26-32-24-11-13-4-6-16-14(9-13)20(29)27-17-7-5-12(10-23)8-15(17)18(28)19(27)25-16/h4-9,24H,11H2,1-3H3,(H,26,30). The van der Waals surface area contributed by atoms with E-state index in [9.17, 15) is 14.4 Å². The normalized spacial score (nSPS) is 12.2. The average molecular weight is 449 g/mol. The predicted octanol–water partition coefficient (Wildman–Crippen LogP) is 2.98. The molecule has 1 aliphatic heterocycles. The van der Waals surface area contributed by atoms with Crippen LogP contribution in [0.2, 0.25) is 0 Å². The molecular weight excluding hydrogens is 430 g/mol. The summed E-state index contributed by atoms with van der Waals surface area (Å²) in [6.45, 7) is 5.69. The van der Waals surface area contributed by atoms with E-state index in [2.05, 4.69) is 14.4 Å². The van der Waals surface area contributed by atoms with Gasteiger partial charge in [-0.15, -0.1) is 0 Å². The van der Waals surface area contributed by atoms with E-state index in [0.717, 1.165) is 17.7 Å². The molecule has 2 N–H and O–H groups in total. The Bertz CT molecular complexity index is 1370. The molecule has 162 valence electrons. The highest BCUT2D eigenvalue weighted by molar-refractivity contribution is 7.95. The molecule has 2 heterocycles. The van der Waals surface area contributed by atoms with Crippen LogP contribution in [0, 0.1) is 11.3 Å². The molecule has 0 aliphatic carbocycles. The molecule has 0 spiro atoms. The van der Waals surface area contributed by atoms with Crippen LogP contribution >= 0.6 is 12.1 Å². The van der Waals surface area contributed by atoms with Gasteiger partial charge in [0.2, 0.25) is 5.78 Å². The van der Waals surface area contributed by atoms with Crippen molar-refractivity contribution in [2.75, 3.05) is 0 Å². The van der Waals surface area contributed by atoms with Gasteiger partial charge < -0.3 is 4.74 Å². The van der Waals surface area contributed by atoms with Crippen LogP contribution in [0.1, 0.15) is 48.1 Å². The zero-order valence-electron chi connectivity index (χ0n) is 17.6. The van der Waals surface area contributed by atoms with Gasteiger partial charge in [0.05, 0.1) is 33.8 Å². The third-order valence-corrected chi connectivity index (χ3v) is 5.19. The molecule has 0 unspecified atom stereocenters. The van der Waals surface area contributed by atoms with Crippen LogP contribution in [0.4, 0.5) is 4.79 Å². The summed E-state index contributed by atoms with van der Waals surface area (Å²) in [4.78, 5) is 42.0. The highest BCUT2D eigenvalue weighted by Crippen LogP contribution is 2.27. The summed E-state index contributed by atoms with van der Waals surface area (Å²) in [7, 11) is 0. The monoisotopic (exact) mass is 449 g/mol. The van der Waals surface area contributed by atoms with E-state index in [1.807, 2.05) is 6.07 Å².